The number of aryl methyl sites for hydroxylation is 1. The topological polar surface area (TPSA) is 21.3 Å². The van der Waals surface area contributed by atoms with Crippen LogP contribution in [0.15, 0.2) is 66.7 Å². The van der Waals surface area contributed by atoms with E-state index in [1.54, 1.807) is 0 Å². The Balaban J connectivity index is 1.31. The van der Waals surface area contributed by atoms with Crippen molar-refractivity contribution in [2.75, 3.05) is 13.1 Å². The van der Waals surface area contributed by atoms with Crippen molar-refractivity contribution >= 4 is 10.8 Å². The number of benzene rings is 3. The third kappa shape index (κ3) is 3.29. The van der Waals surface area contributed by atoms with Gasteiger partial charge >= 0.3 is 0 Å². The number of para-hydroxylation sites is 1. The molecule has 1 aliphatic heterocycles. The van der Waals surface area contributed by atoms with Gasteiger partial charge in [-0.05, 0) is 53.8 Å². The van der Waals surface area contributed by atoms with Gasteiger partial charge < -0.3 is 10.1 Å². The Hall–Kier alpha value is -2.32. The normalized spacial score (nSPS) is 16.6. The molecule has 0 bridgehead atoms. The van der Waals surface area contributed by atoms with Crippen molar-refractivity contribution in [1.29, 1.82) is 0 Å². The monoisotopic (exact) mass is 317 g/mol. The fourth-order valence-corrected chi connectivity index (χ4v) is 3.52. The molecule has 0 spiro atoms. The molecule has 0 radical (unpaired) electrons. The molecular weight excluding hydrogens is 294 g/mol. The summed E-state index contributed by atoms with van der Waals surface area (Å²) in [7, 11) is 0. The van der Waals surface area contributed by atoms with Gasteiger partial charge in [-0.15, -0.1) is 0 Å². The van der Waals surface area contributed by atoms with Crippen molar-refractivity contribution in [2.45, 2.75) is 25.4 Å². The summed E-state index contributed by atoms with van der Waals surface area (Å²) < 4.78 is 6.09. The average molecular weight is 317 g/mol. The van der Waals surface area contributed by atoms with Gasteiger partial charge in [-0.3, -0.25) is 0 Å². The summed E-state index contributed by atoms with van der Waals surface area (Å²) >= 11 is 0. The molecule has 2 nitrogen and oxygen atoms in total. The molecule has 3 aromatic carbocycles. The van der Waals surface area contributed by atoms with Gasteiger partial charge in [0.1, 0.15) is 11.9 Å². The highest BCUT2D eigenvalue weighted by Gasteiger charge is 2.18. The largest absolute Gasteiger partial charge is 0.489 e. The van der Waals surface area contributed by atoms with E-state index >= 15 is 0 Å². The van der Waals surface area contributed by atoms with Crippen LogP contribution in [0.3, 0.4) is 0 Å². The van der Waals surface area contributed by atoms with E-state index in [0.717, 1.165) is 38.1 Å². The van der Waals surface area contributed by atoms with E-state index < -0.39 is 0 Å². The number of rotatable bonds is 5. The zero-order chi connectivity index (χ0) is 16.2. The first-order chi connectivity index (χ1) is 11.9. The van der Waals surface area contributed by atoms with Gasteiger partial charge in [-0.1, -0.05) is 60.7 Å². The maximum absolute atomic E-state index is 6.09. The number of hydrogen-bond acceptors (Lipinski definition) is 2. The van der Waals surface area contributed by atoms with E-state index in [0.29, 0.717) is 0 Å². The third-order valence-electron chi connectivity index (χ3n) is 4.82. The highest BCUT2D eigenvalue weighted by molar-refractivity contribution is 5.85. The second kappa shape index (κ2) is 7.06. The molecule has 1 heterocycles. The molecule has 1 atom stereocenters. The van der Waals surface area contributed by atoms with Crippen molar-refractivity contribution < 1.29 is 4.74 Å². The van der Waals surface area contributed by atoms with E-state index in [1.165, 1.54) is 21.9 Å². The predicted molar refractivity (Wildman–Crippen MR) is 99.7 cm³/mol. The second-order valence-electron chi connectivity index (χ2n) is 6.48. The molecule has 0 saturated heterocycles. The zero-order valence-electron chi connectivity index (χ0n) is 13.9. The van der Waals surface area contributed by atoms with Crippen molar-refractivity contribution in [3.05, 3.63) is 77.9 Å². The van der Waals surface area contributed by atoms with Gasteiger partial charge in [0.15, 0.2) is 0 Å². The van der Waals surface area contributed by atoms with Crippen LogP contribution in [-0.4, -0.2) is 19.2 Å². The Kier molecular flexibility index (Phi) is 4.48. The van der Waals surface area contributed by atoms with Crippen LogP contribution in [0.25, 0.3) is 10.8 Å². The minimum absolute atomic E-state index is 0.285. The number of nitrogens with one attached hydrogen (secondary N) is 1. The van der Waals surface area contributed by atoms with Gasteiger partial charge in [0.2, 0.25) is 0 Å². The molecule has 122 valence electrons. The molecule has 0 amide bonds. The van der Waals surface area contributed by atoms with E-state index in [-0.39, 0.29) is 6.10 Å². The lowest BCUT2D eigenvalue weighted by Crippen LogP contribution is -2.35. The Morgan fingerprint density at radius 2 is 1.75 bits per heavy atom. The molecule has 1 N–H and O–H groups in total. The van der Waals surface area contributed by atoms with Crippen LogP contribution in [0.1, 0.15) is 17.5 Å². The van der Waals surface area contributed by atoms with Crippen LogP contribution in [-0.2, 0) is 12.8 Å². The molecule has 1 aliphatic rings. The zero-order valence-corrected chi connectivity index (χ0v) is 13.9. The fraction of sp³-hybridized carbons (Fsp3) is 0.273. The minimum Gasteiger partial charge on any atom is -0.489 e. The molecule has 0 aromatic heterocycles. The lowest BCUT2D eigenvalue weighted by atomic mass is 10.0. The lowest BCUT2D eigenvalue weighted by Gasteiger charge is -2.26. The minimum atomic E-state index is 0.285. The van der Waals surface area contributed by atoms with Crippen LogP contribution < -0.4 is 10.1 Å². The first-order valence-corrected chi connectivity index (χ1v) is 8.82. The van der Waals surface area contributed by atoms with Gasteiger partial charge in [0, 0.05) is 6.54 Å². The Morgan fingerprint density at radius 1 is 0.917 bits per heavy atom. The highest BCUT2D eigenvalue weighted by atomic mass is 16.5. The second-order valence-corrected chi connectivity index (χ2v) is 6.48. The Labute approximate surface area is 143 Å². The molecule has 0 aliphatic carbocycles. The van der Waals surface area contributed by atoms with E-state index in [1.807, 2.05) is 0 Å². The van der Waals surface area contributed by atoms with Crippen LogP contribution in [0, 0.1) is 0 Å². The number of ether oxygens (including phenoxy) is 1. The predicted octanol–water partition coefficient (Wildman–Crippen LogP) is 4.37. The van der Waals surface area contributed by atoms with Crippen molar-refractivity contribution in [1.82, 2.24) is 5.32 Å². The molecular formula is C22H23NO. The van der Waals surface area contributed by atoms with Crippen LogP contribution >= 0.6 is 0 Å². The summed E-state index contributed by atoms with van der Waals surface area (Å²) in [5, 5.41) is 6.26. The molecule has 2 heteroatoms. The van der Waals surface area contributed by atoms with Gasteiger partial charge in [-0.2, -0.15) is 0 Å². The molecule has 24 heavy (non-hydrogen) atoms. The fourth-order valence-electron chi connectivity index (χ4n) is 3.52. The Morgan fingerprint density at radius 3 is 2.75 bits per heavy atom. The van der Waals surface area contributed by atoms with Crippen LogP contribution in [0.4, 0.5) is 0 Å². The SMILES string of the molecule is c1ccc2c(c1)CC[C@H](CNCCc1cccc3ccccc13)O2. The molecule has 0 saturated carbocycles. The lowest BCUT2D eigenvalue weighted by molar-refractivity contribution is 0.171. The summed E-state index contributed by atoms with van der Waals surface area (Å²) in [6, 6.07) is 23.6. The maximum Gasteiger partial charge on any atom is 0.122 e. The van der Waals surface area contributed by atoms with Crippen molar-refractivity contribution in [2.24, 2.45) is 0 Å². The summed E-state index contributed by atoms with van der Waals surface area (Å²) in [6.45, 7) is 1.90. The van der Waals surface area contributed by atoms with Gasteiger partial charge in [-0.25, -0.2) is 0 Å². The summed E-state index contributed by atoms with van der Waals surface area (Å²) in [6.07, 6.45) is 3.54. The average Bonchev–Trinajstić information content (AvgIpc) is 2.65. The summed E-state index contributed by atoms with van der Waals surface area (Å²) in [4.78, 5) is 0. The van der Waals surface area contributed by atoms with Crippen molar-refractivity contribution in [3.63, 3.8) is 0 Å². The molecule has 0 unspecified atom stereocenters. The van der Waals surface area contributed by atoms with Crippen LogP contribution in [0.2, 0.25) is 0 Å². The maximum atomic E-state index is 6.09. The van der Waals surface area contributed by atoms with Crippen LogP contribution in [0.5, 0.6) is 5.75 Å². The van der Waals surface area contributed by atoms with Gasteiger partial charge in [0.05, 0.1) is 0 Å². The molecule has 0 fully saturated rings. The Bertz CT molecular complexity index is 822. The van der Waals surface area contributed by atoms with E-state index in [4.69, 9.17) is 4.74 Å². The first-order valence-electron chi connectivity index (χ1n) is 8.82. The standard InChI is InChI=1S/C22H23NO/c1-3-10-21-17(6-1)8-5-9-18(21)14-15-23-16-20-13-12-19-7-2-4-11-22(19)24-20/h1-11,20,23H,12-16H2/t20-/m1/s1. The molecule has 3 aromatic rings. The number of hydrogen-bond donors (Lipinski definition) is 1. The smallest absolute Gasteiger partial charge is 0.122 e. The third-order valence-corrected chi connectivity index (χ3v) is 4.82. The van der Waals surface area contributed by atoms with Crippen molar-refractivity contribution in [3.8, 4) is 5.75 Å². The first kappa shape index (κ1) is 15.2. The quantitative estimate of drug-likeness (QED) is 0.706. The summed E-state index contributed by atoms with van der Waals surface area (Å²) in [5.74, 6) is 1.06. The summed E-state index contributed by atoms with van der Waals surface area (Å²) in [5.41, 5.74) is 2.75. The number of fused-ring (bicyclic) bond motifs is 2. The molecule has 4 rings (SSSR count). The van der Waals surface area contributed by atoms with Gasteiger partial charge in [0.25, 0.3) is 0 Å². The highest BCUT2D eigenvalue weighted by Crippen LogP contribution is 2.26. The van der Waals surface area contributed by atoms with E-state index in [2.05, 4.69) is 72.0 Å². The van der Waals surface area contributed by atoms with E-state index in [9.17, 15) is 0 Å².